The van der Waals surface area contributed by atoms with Gasteiger partial charge < -0.3 is 15.3 Å². The maximum atomic E-state index is 12.0. The number of carbonyl (C=O) groups excluding carboxylic acids is 2. The van der Waals surface area contributed by atoms with Crippen molar-refractivity contribution in [3.8, 4) is 0 Å². The van der Waals surface area contributed by atoms with Crippen LogP contribution >= 0.6 is 0 Å². The molecule has 1 aliphatic heterocycles. The fraction of sp³-hybridized carbons (Fsp3) is 0.231. The number of pyridine rings is 1. The number of hydrogen-bond donors (Lipinski definition) is 2. The van der Waals surface area contributed by atoms with Crippen molar-refractivity contribution in [2.45, 2.75) is 6.04 Å². The quantitative estimate of drug-likeness (QED) is 0.725. The molecule has 7 nitrogen and oxygen atoms in total. The molecule has 1 aromatic heterocycles. The van der Waals surface area contributed by atoms with Gasteiger partial charge in [-0.15, -0.1) is 0 Å². The predicted molar refractivity (Wildman–Crippen MR) is 69.4 cm³/mol. The molecule has 20 heavy (non-hydrogen) atoms. The maximum absolute atomic E-state index is 12.0. The highest BCUT2D eigenvalue weighted by Gasteiger charge is 2.34. The summed E-state index contributed by atoms with van der Waals surface area (Å²) < 4.78 is 0. The zero-order valence-corrected chi connectivity index (χ0v) is 10.5. The number of rotatable bonds is 3. The second-order valence-corrected chi connectivity index (χ2v) is 4.24. The van der Waals surface area contributed by atoms with Gasteiger partial charge in [-0.05, 0) is 17.7 Å². The van der Waals surface area contributed by atoms with Crippen LogP contribution in [0, 0.1) is 0 Å². The van der Waals surface area contributed by atoms with Gasteiger partial charge in [0.2, 0.25) is 11.8 Å². The van der Waals surface area contributed by atoms with E-state index in [1.807, 2.05) is 0 Å². The zero-order valence-electron chi connectivity index (χ0n) is 10.5. The summed E-state index contributed by atoms with van der Waals surface area (Å²) in [5.41, 5.74) is 0.717. The Kier molecular flexibility index (Phi) is 4.09. The van der Waals surface area contributed by atoms with Crippen LogP contribution in [-0.2, 0) is 14.4 Å². The molecule has 0 bridgehead atoms. The molecule has 2 amide bonds. The van der Waals surface area contributed by atoms with Crippen LogP contribution in [0.4, 0.5) is 0 Å². The van der Waals surface area contributed by atoms with Crippen molar-refractivity contribution in [3.63, 3.8) is 0 Å². The van der Waals surface area contributed by atoms with E-state index in [1.54, 1.807) is 24.5 Å². The first-order valence-corrected chi connectivity index (χ1v) is 5.96. The summed E-state index contributed by atoms with van der Waals surface area (Å²) in [6.07, 6.45) is 5.95. The van der Waals surface area contributed by atoms with Gasteiger partial charge in [0.25, 0.3) is 0 Å². The topological polar surface area (TPSA) is 99.6 Å². The molecule has 0 radical (unpaired) electrons. The summed E-state index contributed by atoms with van der Waals surface area (Å²) in [6.45, 7) is -0.339. The maximum Gasteiger partial charge on any atom is 0.328 e. The molecule has 0 aliphatic carbocycles. The van der Waals surface area contributed by atoms with E-state index in [0.29, 0.717) is 5.56 Å². The average molecular weight is 275 g/mol. The summed E-state index contributed by atoms with van der Waals surface area (Å²) >= 11 is 0. The first-order valence-electron chi connectivity index (χ1n) is 5.96. The molecule has 0 aromatic carbocycles. The van der Waals surface area contributed by atoms with Crippen LogP contribution in [0.15, 0.2) is 30.6 Å². The number of piperazine rings is 1. The standard InChI is InChI=1S/C13H13N3O4/c17-11-8-16(10(7-15-11)13(19)20)12(18)4-3-9-2-1-5-14-6-9/h1-6,10H,7-8H2,(H,15,17)(H,19,20)/b4-3+. The van der Waals surface area contributed by atoms with E-state index < -0.39 is 17.9 Å². The second kappa shape index (κ2) is 5.96. The molecule has 1 fully saturated rings. The fourth-order valence-electron chi connectivity index (χ4n) is 1.83. The van der Waals surface area contributed by atoms with Gasteiger partial charge in [0, 0.05) is 25.0 Å². The summed E-state index contributed by atoms with van der Waals surface area (Å²) in [6, 6.07) is 2.44. The van der Waals surface area contributed by atoms with Gasteiger partial charge in [-0.3, -0.25) is 14.6 Å². The van der Waals surface area contributed by atoms with Gasteiger partial charge in [-0.1, -0.05) is 6.07 Å². The van der Waals surface area contributed by atoms with Crippen molar-refractivity contribution >= 4 is 23.9 Å². The lowest BCUT2D eigenvalue weighted by molar-refractivity contribution is -0.152. The summed E-state index contributed by atoms with van der Waals surface area (Å²) in [7, 11) is 0. The van der Waals surface area contributed by atoms with Gasteiger partial charge in [0.15, 0.2) is 0 Å². The number of carboxylic acid groups (broad SMARTS) is 1. The van der Waals surface area contributed by atoms with E-state index in [0.717, 1.165) is 4.90 Å². The summed E-state index contributed by atoms with van der Waals surface area (Å²) in [4.78, 5) is 39.3. The summed E-state index contributed by atoms with van der Waals surface area (Å²) in [5.74, 6) is -2.03. The van der Waals surface area contributed by atoms with E-state index in [4.69, 9.17) is 5.11 Å². The number of amides is 2. The third-order valence-corrected chi connectivity index (χ3v) is 2.85. The number of aromatic nitrogens is 1. The highest BCUT2D eigenvalue weighted by atomic mass is 16.4. The lowest BCUT2D eigenvalue weighted by Crippen LogP contribution is -2.59. The Balaban J connectivity index is 2.11. The highest BCUT2D eigenvalue weighted by molar-refractivity contribution is 5.98. The Morgan fingerprint density at radius 1 is 1.50 bits per heavy atom. The van der Waals surface area contributed by atoms with Crippen molar-refractivity contribution in [2.75, 3.05) is 13.1 Å². The molecular formula is C13H13N3O4. The Labute approximate surface area is 114 Å². The first kappa shape index (κ1) is 13.7. The number of aliphatic carboxylic acids is 1. The first-order chi connectivity index (χ1) is 9.58. The van der Waals surface area contributed by atoms with Gasteiger partial charge in [0.1, 0.15) is 12.6 Å². The Morgan fingerprint density at radius 3 is 2.95 bits per heavy atom. The monoisotopic (exact) mass is 275 g/mol. The number of hydrogen-bond acceptors (Lipinski definition) is 4. The van der Waals surface area contributed by atoms with E-state index in [9.17, 15) is 14.4 Å². The van der Waals surface area contributed by atoms with E-state index in [1.165, 1.54) is 12.2 Å². The number of carbonyl (C=O) groups is 3. The van der Waals surface area contributed by atoms with Crippen LogP contribution in [0.3, 0.4) is 0 Å². The summed E-state index contributed by atoms with van der Waals surface area (Å²) in [5, 5.41) is 11.5. The molecule has 1 aromatic rings. The largest absolute Gasteiger partial charge is 0.480 e. The van der Waals surface area contributed by atoms with Crippen molar-refractivity contribution in [2.24, 2.45) is 0 Å². The Hall–Kier alpha value is -2.70. The zero-order chi connectivity index (χ0) is 14.5. The molecule has 1 unspecified atom stereocenters. The van der Waals surface area contributed by atoms with Crippen molar-refractivity contribution in [1.82, 2.24) is 15.2 Å². The second-order valence-electron chi connectivity index (χ2n) is 4.24. The third kappa shape index (κ3) is 3.19. The number of nitrogens with zero attached hydrogens (tertiary/aromatic N) is 2. The molecule has 7 heteroatoms. The van der Waals surface area contributed by atoms with Crippen molar-refractivity contribution in [3.05, 3.63) is 36.2 Å². The third-order valence-electron chi connectivity index (χ3n) is 2.85. The lowest BCUT2D eigenvalue weighted by Gasteiger charge is -2.31. The van der Waals surface area contributed by atoms with Gasteiger partial charge in [-0.2, -0.15) is 0 Å². The molecule has 0 spiro atoms. The van der Waals surface area contributed by atoms with E-state index in [-0.39, 0.29) is 19.0 Å². The minimum absolute atomic E-state index is 0.0827. The van der Waals surface area contributed by atoms with Crippen molar-refractivity contribution < 1.29 is 19.5 Å². The lowest BCUT2D eigenvalue weighted by atomic mass is 10.1. The van der Waals surface area contributed by atoms with Crippen LogP contribution in [-0.4, -0.2) is 51.9 Å². The molecule has 2 rings (SSSR count). The molecule has 2 heterocycles. The van der Waals surface area contributed by atoms with Crippen LogP contribution in [0.5, 0.6) is 0 Å². The SMILES string of the molecule is O=C1CN(C(=O)/C=C/c2cccnc2)C(C(=O)O)CN1. The van der Waals surface area contributed by atoms with E-state index >= 15 is 0 Å². The molecule has 1 saturated heterocycles. The van der Waals surface area contributed by atoms with E-state index in [2.05, 4.69) is 10.3 Å². The molecule has 104 valence electrons. The average Bonchev–Trinajstić information content (AvgIpc) is 2.45. The molecular weight excluding hydrogens is 262 g/mol. The number of carboxylic acids is 1. The van der Waals surface area contributed by atoms with Crippen LogP contribution in [0.25, 0.3) is 6.08 Å². The highest BCUT2D eigenvalue weighted by Crippen LogP contribution is 2.07. The molecule has 1 aliphatic rings. The minimum Gasteiger partial charge on any atom is -0.480 e. The molecule has 0 saturated carbocycles. The smallest absolute Gasteiger partial charge is 0.328 e. The molecule has 1 atom stereocenters. The van der Waals surface area contributed by atoms with Crippen molar-refractivity contribution in [1.29, 1.82) is 0 Å². The minimum atomic E-state index is -1.15. The van der Waals surface area contributed by atoms with Gasteiger partial charge >= 0.3 is 5.97 Å². The fourth-order valence-corrected chi connectivity index (χ4v) is 1.83. The normalized spacial score (nSPS) is 18.9. The Morgan fingerprint density at radius 2 is 2.30 bits per heavy atom. The van der Waals surface area contributed by atoms with Crippen LogP contribution < -0.4 is 5.32 Å². The van der Waals surface area contributed by atoms with Crippen LogP contribution in [0.2, 0.25) is 0 Å². The molecule has 2 N–H and O–H groups in total. The van der Waals surface area contributed by atoms with Gasteiger partial charge in [-0.25, -0.2) is 4.79 Å². The Bertz CT molecular complexity index is 556. The van der Waals surface area contributed by atoms with Gasteiger partial charge in [0.05, 0.1) is 0 Å². The predicted octanol–water partition coefficient (Wildman–Crippen LogP) is -0.494. The number of nitrogens with one attached hydrogen (secondary N) is 1. The van der Waals surface area contributed by atoms with Crippen LogP contribution in [0.1, 0.15) is 5.56 Å².